The van der Waals surface area contributed by atoms with E-state index in [0.717, 1.165) is 38.2 Å². The van der Waals surface area contributed by atoms with Crippen LogP contribution >= 0.6 is 0 Å². The topological polar surface area (TPSA) is 96.7 Å². The highest BCUT2D eigenvalue weighted by Gasteiger charge is 2.26. The van der Waals surface area contributed by atoms with E-state index in [1.54, 1.807) is 24.7 Å². The van der Waals surface area contributed by atoms with Crippen molar-refractivity contribution in [2.75, 3.05) is 26.3 Å². The fourth-order valence-electron chi connectivity index (χ4n) is 3.26. The first-order valence-corrected chi connectivity index (χ1v) is 10.9. The molecule has 0 aliphatic carbocycles. The average molecular weight is 409 g/mol. The number of aliphatic hydroxyl groups is 1. The van der Waals surface area contributed by atoms with Gasteiger partial charge in [0.05, 0.1) is 6.61 Å². The Kier molecular flexibility index (Phi) is 6.71. The summed E-state index contributed by atoms with van der Waals surface area (Å²) in [6, 6.07) is 7.77. The van der Waals surface area contributed by atoms with Crippen molar-refractivity contribution in [2.24, 2.45) is 7.05 Å². The predicted molar refractivity (Wildman–Crippen MR) is 106 cm³/mol. The largest absolute Gasteiger partial charge is 0.491 e. The van der Waals surface area contributed by atoms with Gasteiger partial charge in [0, 0.05) is 38.9 Å². The van der Waals surface area contributed by atoms with Crippen molar-refractivity contribution in [1.82, 2.24) is 19.2 Å². The number of sulfonamides is 1. The lowest BCUT2D eigenvalue weighted by Crippen LogP contribution is -2.44. The summed E-state index contributed by atoms with van der Waals surface area (Å²) in [6.07, 6.45) is 3.08. The molecule has 1 aromatic heterocycles. The van der Waals surface area contributed by atoms with Crippen LogP contribution in [0.5, 0.6) is 5.75 Å². The molecule has 9 heteroatoms. The van der Waals surface area contributed by atoms with Crippen LogP contribution < -0.4 is 9.46 Å². The van der Waals surface area contributed by atoms with Gasteiger partial charge in [-0.25, -0.2) is 18.1 Å². The number of aryl methyl sites for hydroxylation is 2. The lowest BCUT2D eigenvalue weighted by atomic mass is 10.1. The van der Waals surface area contributed by atoms with Crippen LogP contribution in [0.25, 0.3) is 0 Å². The van der Waals surface area contributed by atoms with Crippen LogP contribution in [0.15, 0.2) is 35.5 Å². The van der Waals surface area contributed by atoms with Gasteiger partial charge >= 0.3 is 0 Å². The molecule has 8 nitrogen and oxygen atoms in total. The molecule has 3 rings (SSSR count). The molecule has 0 bridgehead atoms. The quantitative estimate of drug-likeness (QED) is 0.678. The number of aliphatic hydroxyl groups excluding tert-OH is 1. The summed E-state index contributed by atoms with van der Waals surface area (Å²) in [4.78, 5) is 6.44. The highest BCUT2D eigenvalue weighted by molar-refractivity contribution is 7.89. The molecule has 0 radical (unpaired) electrons. The van der Waals surface area contributed by atoms with E-state index in [-0.39, 0.29) is 17.7 Å². The van der Waals surface area contributed by atoms with Crippen LogP contribution in [-0.2, 0) is 23.6 Å². The molecule has 1 aromatic carbocycles. The summed E-state index contributed by atoms with van der Waals surface area (Å²) in [5.41, 5.74) is 1.18. The van der Waals surface area contributed by atoms with E-state index in [0.29, 0.717) is 12.4 Å². The third-order valence-electron chi connectivity index (χ3n) is 4.96. The zero-order valence-corrected chi connectivity index (χ0v) is 17.2. The molecule has 2 N–H and O–H groups in total. The minimum absolute atomic E-state index is 0.000390. The minimum Gasteiger partial charge on any atom is -0.491 e. The molecule has 0 spiro atoms. The maximum Gasteiger partial charge on any atom is 0.259 e. The number of aromatic nitrogens is 2. The van der Waals surface area contributed by atoms with Crippen LogP contribution in [0.1, 0.15) is 24.2 Å². The molecule has 0 amide bonds. The highest BCUT2D eigenvalue weighted by atomic mass is 32.2. The molecule has 2 heterocycles. The van der Waals surface area contributed by atoms with Crippen molar-refractivity contribution in [3.05, 3.63) is 41.9 Å². The second-order valence-corrected chi connectivity index (χ2v) is 8.79. The van der Waals surface area contributed by atoms with E-state index in [9.17, 15) is 8.42 Å². The van der Waals surface area contributed by atoms with Gasteiger partial charge in [0.2, 0.25) is 0 Å². The molecule has 154 valence electrons. The van der Waals surface area contributed by atoms with Crippen molar-refractivity contribution in [1.29, 1.82) is 0 Å². The molecular formula is C19H28N4O4S. The zero-order valence-electron chi connectivity index (χ0n) is 16.3. The van der Waals surface area contributed by atoms with Crippen LogP contribution in [0.4, 0.5) is 0 Å². The monoisotopic (exact) mass is 408 g/mol. The molecular weight excluding hydrogens is 380 g/mol. The normalized spacial score (nSPS) is 16.4. The standard InChI is InChI=1S/C19H28N4O4S/c1-15-20-19(14-22(15)2)28(25,26)21-17-7-9-23(10-8-17)13-16-3-5-18(6-4-16)27-12-11-24/h3-6,14,17,21,24H,7-13H2,1-2H3. The van der Waals surface area contributed by atoms with Gasteiger partial charge in [-0.3, -0.25) is 4.90 Å². The van der Waals surface area contributed by atoms with E-state index < -0.39 is 10.0 Å². The second-order valence-electron chi connectivity index (χ2n) is 7.12. The van der Waals surface area contributed by atoms with E-state index in [1.807, 2.05) is 24.3 Å². The van der Waals surface area contributed by atoms with E-state index in [2.05, 4.69) is 14.6 Å². The lowest BCUT2D eigenvalue weighted by molar-refractivity contribution is 0.198. The number of hydrogen-bond acceptors (Lipinski definition) is 6. The van der Waals surface area contributed by atoms with Gasteiger partial charge in [-0.2, -0.15) is 0 Å². The fourth-order valence-corrected chi connectivity index (χ4v) is 4.60. The first-order chi connectivity index (χ1) is 13.4. The van der Waals surface area contributed by atoms with Crippen molar-refractivity contribution in [3.63, 3.8) is 0 Å². The van der Waals surface area contributed by atoms with Gasteiger partial charge in [0.25, 0.3) is 10.0 Å². The summed E-state index contributed by atoms with van der Waals surface area (Å²) in [5.74, 6) is 1.42. The van der Waals surface area contributed by atoms with Crippen molar-refractivity contribution >= 4 is 10.0 Å². The zero-order chi connectivity index (χ0) is 20.1. The Morgan fingerprint density at radius 3 is 2.50 bits per heavy atom. The Morgan fingerprint density at radius 2 is 1.93 bits per heavy atom. The van der Waals surface area contributed by atoms with Crippen molar-refractivity contribution in [2.45, 2.75) is 37.4 Å². The number of benzene rings is 1. The smallest absolute Gasteiger partial charge is 0.259 e. The Balaban J connectivity index is 1.49. The molecule has 1 aliphatic heterocycles. The van der Waals surface area contributed by atoms with Gasteiger partial charge < -0.3 is 14.4 Å². The molecule has 0 atom stereocenters. The number of ether oxygens (including phenoxy) is 1. The van der Waals surface area contributed by atoms with Crippen molar-refractivity contribution < 1.29 is 18.3 Å². The van der Waals surface area contributed by atoms with Crippen LogP contribution in [0.2, 0.25) is 0 Å². The average Bonchev–Trinajstić information content (AvgIpc) is 3.02. The molecule has 0 unspecified atom stereocenters. The number of hydrogen-bond donors (Lipinski definition) is 2. The molecule has 2 aromatic rings. The third kappa shape index (κ3) is 5.32. The summed E-state index contributed by atoms with van der Waals surface area (Å²) in [5, 5.41) is 8.87. The molecule has 1 saturated heterocycles. The SMILES string of the molecule is Cc1nc(S(=O)(=O)NC2CCN(Cc3ccc(OCCO)cc3)CC2)cn1C. The highest BCUT2D eigenvalue weighted by Crippen LogP contribution is 2.18. The Labute approximate surface area is 166 Å². The summed E-state index contributed by atoms with van der Waals surface area (Å²) >= 11 is 0. The van der Waals surface area contributed by atoms with Gasteiger partial charge in [0.15, 0.2) is 5.03 Å². The lowest BCUT2D eigenvalue weighted by Gasteiger charge is -2.32. The van der Waals surface area contributed by atoms with E-state index in [1.165, 1.54) is 5.56 Å². The third-order valence-corrected chi connectivity index (χ3v) is 6.35. The number of rotatable bonds is 8. The van der Waals surface area contributed by atoms with Crippen LogP contribution in [0, 0.1) is 6.92 Å². The van der Waals surface area contributed by atoms with Gasteiger partial charge in [0.1, 0.15) is 18.2 Å². The van der Waals surface area contributed by atoms with Crippen molar-refractivity contribution in [3.8, 4) is 5.75 Å². The molecule has 1 aliphatic rings. The van der Waals surface area contributed by atoms with E-state index >= 15 is 0 Å². The van der Waals surface area contributed by atoms with E-state index in [4.69, 9.17) is 9.84 Å². The van der Waals surface area contributed by atoms with Gasteiger partial charge in [-0.05, 0) is 37.5 Å². The molecule has 1 fully saturated rings. The number of nitrogens with zero attached hydrogens (tertiary/aromatic N) is 3. The number of piperidine rings is 1. The maximum absolute atomic E-state index is 12.5. The summed E-state index contributed by atoms with van der Waals surface area (Å²) in [7, 11) is -1.80. The first-order valence-electron chi connectivity index (χ1n) is 9.44. The fraction of sp³-hybridized carbons (Fsp3) is 0.526. The molecule has 0 saturated carbocycles. The van der Waals surface area contributed by atoms with Gasteiger partial charge in [-0.1, -0.05) is 12.1 Å². The predicted octanol–water partition coefficient (Wildman–Crippen LogP) is 1.04. The summed E-state index contributed by atoms with van der Waals surface area (Å²) < 4.78 is 34.9. The first kappa shape index (κ1) is 20.8. The summed E-state index contributed by atoms with van der Waals surface area (Å²) in [6.45, 7) is 4.55. The Bertz CT molecular complexity index is 852. The second kappa shape index (κ2) is 9.04. The number of imidazole rings is 1. The molecule has 28 heavy (non-hydrogen) atoms. The minimum atomic E-state index is -3.58. The number of likely N-dealkylation sites (tertiary alicyclic amines) is 1. The number of nitrogens with one attached hydrogen (secondary N) is 1. The van der Waals surface area contributed by atoms with Crippen LogP contribution in [0.3, 0.4) is 0 Å². The van der Waals surface area contributed by atoms with Gasteiger partial charge in [-0.15, -0.1) is 0 Å². The Morgan fingerprint density at radius 1 is 1.25 bits per heavy atom. The maximum atomic E-state index is 12.5. The van der Waals surface area contributed by atoms with Crippen LogP contribution in [-0.4, -0.2) is 60.3 Å². The Hall–Kier alpha value is -1.94.